The second-order valence-electron chi connectivity index (χ2n) is 6.16. The number of rotatable bonds is 6. The zero-order valence-electron chi connectivity index (χ0n) is 11.7. The van der Waals surface area contributed by atoms with Crippen molar-refractivity contribution in [1.82, 2.24) is 10.2 Å². The number of carbonyl (C=O) groups excluding carboxylic acids is 2. The molecular weight excluding hydrogens is 248 g/mol. The molecule has 2 N–H and O–H groups in total. The van der Waals surface area contributed by atoms with Gasteiger partial charge in [-0.15, -0.1) is 0 Å². The van der Waals surface area contributed by atoms with Gasteiger partial charge in [-0.1, -0.05) is 20.8 Å². The molecule has 1 rings (SSSR count). The molecule has 0 aromatic heterocycles. The van der Waals surface area contributed by atoms with Crippen LogP contribution in [-0.4, -0.2) is 46.9 Å². The van der Waals surface area contributed by atoms with Gasteiger partial charge >= 0.3 is 5.97 Å². The highest BCUT2D eigenvalue weighted by Gasteiger charge is 2.33. The fourth-order valence-electron chi connectivity index (χ4n) is 1.77. The Morgan fingerprint density at radius 1 is 1.26 bits per heavy atom. The average Bonchev–Trinajstić information content (AvgIpc) is 3.03. The van der Waals surface area contributed by atoms with Crippen LogP contribution in [0, 0.1) is 5.41 Å². The molecule has 0 aliphatic heterocycles. The predicted octanol–water partition coefficient (Wildman–Crippen LogP) is 0.614. The summed E-state index contributed by atoms with van der Waals surface area (Å²) in [6, 6.07) is 0.0307. The summed E-state index contributed by atoms with van der Waals surface area (Å²) in [5.74, 6) is -1.54. The van der Waals surface area contributed by atoms with Gasteiger partial charge in [-0.05, 0) is 18.3 Å². The Balaban J connectivity index is 2.40. The Morgan fingerprint density at radius 3 is 2.26 bits per heavy atom. The highest BCUT2D eigenvalue weighted by Crippen LogP contribution is 2.26. The molecule has 1 fully saturated rings. The zero-order chi connectivity index (χ0) is 14.6. The van der Waals surface area contributed by atoms with Crippen LogP contribution in [0.4, 0.5) is 0 Å². The highest BCUT2D eigenvalue weighted by molar-refractivity contribution is 5.87. The Kier molecular flexibility index (Phi) is 4.91. The second-order valence-corrected chi connectivity index (χ2v) is 6.16. The van der Waals surface area contributed by atoms with Crippen LogP contribution in [0.1, 0.15) is 40.0 Å². The van der Waals surface area contributed by atoms with Crippen LogP contribution in [0.15, 0.2) is 0 Å². The maximum absolute atomic E-state index is 11.9. The Hall–Kier alpha value is -1.59. The number of aliphatic carboxylic acids is 1. The van der Waals surface area contributed by atoms with Gasteiger partial charge in [0, 0.05) is 12.5 Å². The van der Waals surface area contributed by atoms with E-state index in [1.165, 1.54) is 4.90 Å². The lowest BCUT2D eigenvalue weighted by molar-refractivity contribution is -0.144. The van der Waals surface area contributed by atoms with E-state index in [0.717, 1.165) is 12.8 Å². The lowest BCUT2D eigenvalue weighted by atomic mass is 9.92. The molecular formula is C13H22N2O4. The molecule has 19 heavy (non-hydrogen) atoms. The van der Waals surface area contributed by atoms with Crippen LogP contribution in [0.25, 0.3) is 0 Å². The lowest BCUT2D eigenvalue weighted by Gasteiger charge is -2.21. The molecule has 0 aromatic rings. The van der Waals surface area contributed by atoms with Crippen molar-refractivity contribution in [3.05, 3.63) is 0 Å². The summed E-state index contributed by atoms with van der Waals surface area (Å²) >= 11 is 0. The van der Waals surface area contributed by atoms with Crippen molar-refractivity contribution < 1.29 is 19.5 Å². The van der Waals surface area contributed by atoms with Gasteiger partial charge in [0.1, 0.15) is 6.54 Å². The summed E-state index contributed by atoms with van der Waals surface area (Å²) in [6.07, 6.45) is 2.02. The Morgan fingerprint density at radius 2 is 1.84 bits per heavy atom. The van der Waals surface area contributed by atoms with Gasteiger partial charge in [-0.2, -0.15) is 0 Å². The molecule has 2 amide bonds. The molecule has 0 spiro atoms. The second kappa shape index (κ2) is 6.04. The van der Waals surface area contributed by atoms with Crippen LogP contribution >= 0.6 is 0 Å². The summed E-state index contributed by atoms with van der Waals surface area (Å²) in [7, 11) is 0. The van der Waals surface area contributed by atoms with E-state index < -0.39 is 5.97 Å². The van der Waals surface area contributed by atoms with E-state index in [-0.39, 0.29) is 36.4 Å². The molecule has 1 aliphatic rings. The summed E-state index contributed by atoms with van der Waals surface area (Å²) in [5, 5.41) is 11.3. The SMILES string of the molecule is CC(C)(C)CC(=O)NCC(=O)N(CC(=O)O)C1CC1. The normalized spacial score (nSPS) is 14.9. The van der Waals surface area contributed by atoms with Gasteiger partial charge in [-0.25, -0.2) is 0 Å². The number of carbonyl (C=O) groups is 3. The molecule has 1 saturated carbocycles. The Bertz CT molecular complexity index is 369. The topological polar surface area (TPSA) is 86.7 Å². The monoisotopic (exact) mass is 270 g/mol. The molecule has 0 atom stereocenters. The minimum absolute atomic E-state index is 0.0307. The number of nitrogens with one attached hydrogen (secondary N) is 1. The number of hydrogen-bond acceptors (Lipinski definition) is 3. The molecule has 0 heterocycles. The van der Waals surface area contributed by atoms with Crippen LogP contribution in [0.2, 0.25) is 0 Å². The van der Waals surface area contributed by atoms with Crippen molar-refractivity contribution in [1.29, 1.82) is 0 Å². The molecule has 0 bridgehead atoms. The first-order valence-electron chi connectivity index (χ1n) is 6.47. The van der Waals surface area contributed by atoms with Gasteiger partial charge < -0.3 is 15.3 Å². The molecule has 0 aromatic carbocycles. The van der Waals surface area contributed by atoms with Crippen molar-refractivity contribution >= 4 is 17.8 Å². The first-order valence-corrected chi connectivity index (χ1v) is 6.47. The third-order valence-electron chi connectivity index (χ3n) is 2.74. The molecule has 1 aliphatic carbocycles. The van der Waals surface area contributed by atoms with E-state index >= 15 is 0 Å². The summed E-state index contributed by atoms with van der Waals surface area (Å²) in [5.41, 5.74) is -0.135. The summed E-state index contributed by atoms with van der Waals surface area (Å²) < 4.78 is 0. The molecule has 0 saturated heterocycles. The summed E-state index contributed by atoms with van der Waals surface area (Å²) in [6.45, 7) is 5.40. The van der Waals surface area contributed by atoms with E-state index in [0.29, 0.717) is 6.42 Å². The maximum Gasteiger partial charge on any atom is 0.323 e. The first kappa shape index (κ1) is 15.5. The van der Waals surface area contributed by atoms with Crippen molar-refractivity contribution in [3.8, 4) is 0 Å². The largest absolute Gasteiger partial charge is 0.480 e. The summed E-state index contributed by atoms with van der Waals surface area (Å²) in [4.78, 5) is 35.5. The zero-order valence-corrected chi connectivity index (χ0v) is 11.7. The van der Waals surface area contributed by atoms with Gasteiger partial charge in [-0.3, -0.25) is 14.4 Å². The molecule has 6 nitrogen and oxygen atoms in total. The minimum atomic E-state index is -1.03. The molecule has 108 valence electrons. The van der Waals surface area contributed by atoms with Crippen LogP contribution in [0.3, 0.4) is 0 Å². The number of carboxylic acid groups (broad SMARTS) is 1. The smallest absolute Gasteiger partial charge is 0.323 e. The minimum Gasteiger partial charge on any atom is -0.480 e. The molecule has 0 unspecified atom stereocenters. The third-order valence-corrected chi connectivity index (χ3v) is 2.74. The molecule has 0 radical (unpaired) electrons. The highest BCUT2D eigenvalue weighted by atomic mass is 16.4. The van der Waals surface area contributed by atoms with Crippen molar-refractivity contribution in [3.63, 3.8) is 0 Å². The number of carboxylic acids is 1. The van der Waals surface area contributed by atoms with E-state index in [4.69, 9.17) is 5.11 Å². The molecule has 6 heteroatoms. The fourth-order valence-corrected chi connectivity index (χ4v) is 1.77. The lowest BCUT2D eigenvalue weighted by Crippen LogP contribution is -2.44. The number of nitrogens with zero attached hydrogens (tertiary/aromatic N) is 1. The van der Waals surface area contributed by atoms with Crippen molar-refractivity contribution in [2.45, 2.75) is 46.1 Å². The number of amides is 2. The van der Waals surface area contributed by atoms with Crippen molar-refractivity contribution in [2.75, 3.05) is 13.1 Å². The van der Waals surface area contributed by atoms with Gasteiger partial charge in [0.05, 0.1) is 6.54 Å². The quantitative estimate of drug-likeness (QED) is 0.740. The van der Waals surface area contributed by atoms with E-state index in [2.05, 4.69) is 5.32 Å². The van der Waals surface area contributed by atoms with E-state index in [1.54, 1.807) is 0 Å². The van der Waals surface area contributed by atoms with Crippen LogP contribution in [0.5, 0.6) is 0 Å². The van der Waals surface area contributed by atoms with E-state index in [9.17, 15) is 14.4 Å². The third kappa shape index (κ3) is 6.22. The maximum atomic E-state index is 11.9. The van der Waals surface area contributed by atoms with Crippen LogP contribution in [-0.2, 0) is 14.4 Å². The first-order chi connectivity index (χ1) is 8.69. The Labute approximate surface area is 113 Å². The van der Waals surface area contributed by atoms with E-state index in [1.807, 2.05) is 20.8 Å². The van der Waals surface area contributed by atoms with Gasteiger partial charge in [0.25, 0.3) is 0 Å². The van der Waals surface area contributed by atoms with Crippen LogP contribution < -0.4 is 5.32 Å². The number of hydrogen-bond donors (Lipinski definition) is 2. The predicted molar refractivity (Wildman–Crippen MR) is 69.5 cm³/mol. The standard InChI is InChI=1S/C13H22N2O4/c1-13(2,3)6-10(16)14-7-11(17)15(8-12(18)19)9-4-5-9/h9H,4-8H2,1-3H3,(H,14,16)(H,18,19). The van der Waals surface area contributed by atoms with Crippen molar-refractivity contribution in [2.24, 2.45) is 5.41 Å². The van der Waals surface area contributed by atoms with Gasteiger partial charge in [0.2, 0.25) is 11.8 Å². The fraction of sp³-hybridized carbons (Fsp3) is 0.769. The average molecular weight is 270 g/mol. The van der Waals surface area contributed by atoms with Gasteiger partial charge in [0.15, 0.2) is 0 Å².